The monoisotopic (exact) mass is 365 g/mol. The lowest BCUT2D eigenvalue weighted by Gasteiger charge is -2.31. The molecule has 1 aliphatic rings. The number of ether oxygens (including phenoxy) is 3. The van der Waals surface area contributed by atoms with Crippen LogP contribution < -0.4 is 10.6 Å². The second-order valence-corrected chi connectivity index (χ2v) is 5.04. The molecule has 0 radical (unpaired) electrons. The maximum absolute atomic E-state index is 12.2. The van der Waals surface area contributed by atoms with E-state index in [4.69, 9.17) is 15.2 Å². The minimum absolute atomic E-state index is 0.104. The van der Waals surface area contributed by atoms with Crippen molar-refractivity contribution < 1.29 is 33.5 Å². The largest absolute Gasteiger partial charge is 0.466 e. The number of methoxy groups -OCH3 is 2. The number of rotatable bonds is 5. The van der Waals surface area contributed by atoms with Crippen LogP contribution in [0, 0.1) is 10.1 Å². The lowest BCUT2D eigenvalue weighted by Crippen LogP contribution is -2.38. The lowest BCUT2D eigenvalue weighted by molar-refractivity contribution is -0.385. The van der Waals surface area contributed by atoms with Gasteiger partial charge in [0.05, 0.1) is 37.0 Å². The van der Waals surface area contributed by atoms with E-state index >= 15 is 0 Å². The van der Waals surface area contributed by atoms with E-state index in [1.165, 1.54) is 11.0 Å². The Bertz CT molecular complexity index is 817. The van der Waals surface area contributed by atoms with Crippen LogP contribution in [0.4, 0.5) is 11.4 Å². The van der Waals surface area contributed by atoms with Crippen LogP contribution in [0.2, 0.25) is 0 Å². The first-order valence-corrected chi connectivity index (χ1v) is 7.15. The zero-order valence-electron chi connectivity index (χ0n) is 13.9. The normalized spacial score (nSPS) is 14.0. The van der Waals surface area contributed by atoms with Gasteiger partial charge in [0.15, 0.2) is 0 Å². The molecule has 2 N–H and O–H groups in total. The molecule has 1 heterocycles. The van der Waals surface area contributed by atoms with Crippen molar-refractivity contribution in [1.29, 1.82) is 0 Å². The molecule has 1 aromatic carbocycles. The third-order valence-electron chi connectivity index (χ3n) is 3.59. The van der Waals surface area contributed by atoms with Gasteiger partial charge in [0.2, 0.25) is 0 Å². The van der Waals surface area contributed by atoms with Gasteiger partial charge in [-0.1, -0.05) is 0 Å². The lowest BCUT2D eigenvalue weighted by atomic mass is 10.1. The van der Waals surface area contributed by atoms with E-state index in [2.05, 4.69) is 4.74 Å². The highest BCUT2D eigenvalue weighted by Crippen LogP contribution is 2.31. The molecular weight excluding hydrogens is 350 g/mol. The van der Waals surface area contributed by atoms with Crippen molar-refractivity contribution in [2.75, 3.05) is 32.5 Å². The molecule has 1 aliphatic heterocycles. The molecule has 0 atom stereocenters. The summed E-state index contributed by atoms with van der Waals surface area (Å²) < 4.78 is 14.6. The Morgan fingerprint density at radius 3 is 2.42 bits per heavy atom. The van der Waals surface area contributed by atoms with Gasteiger partial charge in [-0.15, -0.1) is 0 Å². The maximum Gasteiger partial charge on any atom is 0.355 e. The summed E-state index contributed by atoms with van der Waals surface area (Å²) in [6.45, 7) is -0.382. The Morgan fingerprint density at radius 2 is 1.88 bits per heavy atom. The van der Waals surface area contributed by atoms with E-state index in [9.17, 15) is 24.5 Å². The van der Waals surface area contributed by atoms with E-state index in [1.54, 1.807) is 0 Å². The number of nitrogens with zero attached hydrogens (tertiary/aromatic N) is 2. The highest BCUT2D eigenvalue weighted by molar-refractivity contribution is 6.04. The van der Waals surface area contributed by atoms with Gasteiger partial charge in [0.1, 0.15) is 18.0 Å². The molecular formula is C15H15N3O8. The summed E-state index contributed by atoms with van der Waals surface area (Å²) in [5, 5.41) is 11.2. The van der Waals surface area contributed by atoms with E-state index in [-0.39, 0.29) is 35.9 Å². The summed E-state index contributed by atoms with van der Waals surface area (Å²) in [5.41, 5.74) is 4.13. The molecule has 0 spiro atoms. The summed E-state index contributed by atoms with van der Waals surface area (Å²) in [4.78, 5) is 47.1. The quantitative estimate of drug-likeness (QED) is 0.434. The molecule has 2 rings (SSSR count). The predicted molar refractivity (Wildman–Crippen MR) is 86.0 cm³/mol. The third kappa shape index (κ3) is 3.47. The van der Waals surface area contributed by atoms with Gasteiger partial charge in [-0.2, -0.15) is 0 Å². The van der Waals surface area contributed by atoms with Gasteiger partial charge >= 0.3 is 11.9 Å². The number of nitro benzene ring substituents is 1. The number of nitrogens with two attached hydrogens (primary N) is 1. The fourth-order valence-electron chi connectivity index (χ4n) is 2.39. The first kappa shape index (κ1) is 18.9. The van der Waals surface area contributed by atoms with Crippen molar-refractivity contribution in [1.82, 2.24) is 0 Å². The van der Waals surface area contributed by atoms with Crippen LogP contribution >= 0.6 is 0 Å². The number of esters is 2. The number of amides is 1. The summed E-state index contributed by atoms with van der Waals surface area (Å²) in [6.07, 6.45) is 0. The van der Waals surface area contributed by atoms with Crippen LogP contribution in [-0.2, 0) is 23.8 Å². The van der Waals surface area contributed by atoms with Crippen LogP contribution in [-0.4, -0.2) is 50.3 Å². The van der Waals surface area contributed by atoms with Gasteiger partial charge in [-0.25, -0.2) is 9.59 Å². The molecule has 1 aromatic rings. The van der Waals surface area contributed by atoms with E-state index < -0.39 is 28.5 Å². The van der Waals surface area contributed by atoms with Crippen LogP contribution in [0.1, 0.15) is 10.4 Å². The number of carbonyl (C=O) groups excluding carboxylic acids is 3. The molecule has 138 valence electrons. The minimum atomic E-state index is -0.975. The summed E-state index contributed by atoms with van der Waals surface area (Å²) >= 11 is 0. The first-order valence-electron chi connectivity index (χ1n) is 7.15. The zero-order chi connectivity index (χ0) is 19.4. The molecule has 0 saturated heterocycles. The van der Waals surface area contributed by atoms with Gasteiger partial charge in [0, 0.05) is 6.07 Å². The molecule has 0 unspecified atom stereocenters. The minimum Gasteiger partial charge on any atom is -0.466 e. The summed E-state index contributed by atoms with van der Waals surface area (Å²) in [5.74, 6) is -2.63. The Morgan fingerprint density at radius 1 is 1.23 bits per heavy atom. The molecule has 11 heteroatoms. The van der Waals surface area contributed by atoms with E-state index in [0.717, 1.165) is 26.4 Å². The predicted octanol–water partition coefficient (Wildman–Crippen LogP) is 0.0879. The Kier molecular flexibility index (Phi) is 5.52. The molecule has 0 bridgehead atoms. The molecule has 0 fully saturated rings. The number of nitro groups is 1. The molecule has 0 saturated carbocycles. The Labute approximate surface area is 147 Å². The number of benzene rings is 1. The number of hydrogen-bond donors (Lipinski definition) is 1. The fraction of sp³-hybridized carbons (Fsp3) is 0.267. The summed E-state index contributed by atoms with van der Waals surface area (Å²) in [7, 11) is 2.26. The maximum atomic E-state index is 12.2. The highest BCUT2D eigenvalue weighted by Gasteiger charge is 2.33. The van der Waals surface area contributed by atoms with Crippen LogP contribution in [0.5, 0.6) is 0 Å². The van der Waals surface area contributed by atoms with Crippen molar-refractivity contribution in [3.8, 4) is 0 Å². The van der Waals surface area contributed by atoms with Gasteiger partial charge in [-0.3, -0.25) is 14.9 Å². The van der Waals surface area contributed by atoms with Crippen molar-refractivity contribution in [3.63, 3.8) is 0 Å². The fourth-order valence-corrected chi connectivity index (χ4v) is 2.39. The summed E-state index contributed by atoms with van der Waals surface area (Å²) in [6, 6.07) is 3.53. The molecule has 1 amide bonds. The number of carbonyl (C=O) groups is 3. The SMILES string of the molecule is COC(=O)C1=C(C(=O)OC)N(c2ccc(C(N)=O)c([N+](=O)[O-])c2)COC1. The van der Waals surface area contributed by atoms with Gasteiger partial charge < -0.3 is 24.8 Å². The standard InChI is InChI=1S/C15H15N3O8/c1-24-14(20)10-6-26-7-17(12(10)15(21)25-2)8-3-4-9(13(16)19)11(5-8)18(22)23/h3-5H,6-7H2,1-2H3,(H2,16,19). The van der Waals surface area contributed by atoms with Crippen molar-refractivity contribution in [3.05, 3.63) is 45.1 Å². The smallest absolute Gasteiger partial charge is 0.355 e. The molecule has 0 aliphatic carbocycles. The van der Waals surface area contributed by atoms with Gasteiger partial charge in [-0.05, 0) is 12.1 Å². The first-order chi connectivity index (χ1) is 12.3. The number of hydrogen-bond acceptors (Lipinski definition) is 9. The molecule has 0 aromatic heterocycles. The van der Waals surface area contributed by atoms with Crippen LogP contribution in [0.25, 0.3) is 0 Å². The average molecular weight is 365 g/mol. The second-order valence-electron chi connectivity index (χ2n) is 5.04. The Hall–Kier alpha value is -3.47. The average Bonchev–Trinajstić information content (AvgIpc) is 2.65. The molecule has 26 heavy (non-hydrogen) atoms. The third-order valence-corrected chi connectivity index (χ3v) is 3.59. The number of anilines is 1. The zero-order valence-corrected chi connectivity index (χ0v) is 13.9. The van der Waals surface area contributed by atoms with Crippen molar-refractivity contribution in [2.45, 2.75) is 0 Å². The topological polar surface area (TPSA) is 151 Å². The van der Waals surface area contributed by atoms with Crippen LogP contribution in [0.15, 0.2) is 29.5 Å². The van der Waals surface area contributed by atoms with E-state index in [0.29, 0.717) is 0 Å². The van der Waals surface area contributed by atoms with E-state index in [1.807, 2.05) is 0 Å². The van der Waals surface area contributed by atoms with Crippen LogP contribution in [0.3, 0.4) is 0 Å². The van der Waals surface area contributed by atoms with Crippen molar-refractivity contribution in [2.24, 2.45) is 5.73 Å². The van der Waals surface area contributed by atoms with Gasteiger partial charge in [0.25, 0.3) is 11.6 Å². The highest BCUT2D eigenvalue weighted by atomic mass is 16.6. The molecule has 11 nitrogen and oxygen atoms in total. The second kappa shape index (κ2) is 7.61. The number of primary amides is 1. The van der Waals surface area contributed by atoms with Crippen molar-refractivity contribution >= 4 is 29.2 Å². The Balaban J connectivity index is 2.63.